The molecule has 0 aliphatic carbocycles. The van der Waals surface area contributed by atoms with Crippen molar-refractivity contribution in [1.82, 2.24) is 0 Å². The molecule has 0 amide bonds. The van der Waals surface area contributed by atoms with Crippen LogP contribution in [0.1, 0.15) is 99.8 Å². The molecule has 8 nitrogen and oxygen atoms in total. The SMILES string of the molecule is C=CC[C@H](O)[C@@H]1O[C@]2(C)CC[C@@H]3O[C@H](CCC4COC(C)(C)O4)[C@@](C)(O[Si](C)(C)C(C)(C)C)CC[C@H]3O[C@H]2C[C@H]1O. The number of ether oxygens (including phenoxy) is 5. The summed E-state index contributed by atoms with van der Waals surface area (Å²) in [6, 6.07) is 0. The van der Waals surface area contributed by atoms with E-state index >= 15 is 0 Å². The quantitative estimate of drug-likeness (QED) is 0.274. The lowest BCUT2D eigenvalue weighted by molar-refractivity contribution is -0.257. The van der Waals surface area contributed by atoms with E-state index in [1.54, 1.807) is 6.08 Å². The van der Waals surface area contributed by atoms with Crippen molar-refractivity contribution >= 4 is 8.32 Å². The van der Waals surface area contributed by atoms with Gasteiger partial charge in [0.1, 0.15) is 6.10 Å². The Bertz CT molecular complexity index is 905. The van der Waals surface area contributed by atoms with E-state index in [2.05, 4.69) is 54.3 Å². The molecule has 9 heteroatoms. The van der Waals surface area contributed by atoms with E-state index in [9.17, 15) is 10.2 Å². The topological polar surface area (TPSA) is 95.8 Å². The molecule has 4 aliphatic rings. The van der Waals surface area contributed by atoms with Crippen LogP contribution in [0.5, 0.6) is 0 Å². The van der Waals surface area contributed by atoms with E-state index in [0.717, 1.165) is 38.5 Å². The summed E-state index contributed by atoms with van der Waals surface area (Å²) in [5.74, 6) is -0.552. The Hall–Kier alpha value is -0.363. The molecule has 0 bridgehead atoms. The van der Waals surface area contributed by atoms with Crippen molar-refractivity contribution in [2.24, 2.45) is 0 Å². The third-order valence-corrected chi connectivity index (χ3v) is 15.0. The second-order valence-electron chi connectivity index (χ2n) is 15.4. The summed E-state index contributed by atoms with van der Waals surface area (Å²) in [4.78, 5) is 0. The predicted octanol–water partition coefficient (Wildman–Crippen LogP) is 5.64. The maximum absolute atomic E-state index is 10.9. The smallest absolute Gasteiger partial charge is 0.192 e. The molecular formula is C32H58O8Si. The summed E-state index contributed by atoms with van der Waals surface area (Å²) < 4.78 is 39.5. The molecule has 0 radical (unpaired) electrons. The first-order valence-corrected chi connectivity index (χ1v) is 18.8. The molecule has 41 heavy (non-hydrogen) atoms. The number of hydrogen-bond acceptors (Lipinski definition) is 8. The summed E-state index contributed by atoms with van der Waals surface area (Å²) in [7, 11) is -2.11. The lowest BCUT2D eigenvalue weighted by Gasteiger charge is -2.48. The fourth-order valence-corrected chi connectivity index (χ4v) is 8.57. The van der Waals surface area contributed by atoms with Crippen LogP contribution in [0, 0.1) is 0 Å². The molecule has 4 aliphatic heterocycles. The lowest BCUT2D eigenvalue weighted by atomic mass is 9.83. The molecule has 4 rings (SSSR count). The van der Waals surface area contributed by atoms with E-state index in [0.29, 0.717) is 19.4 Å². The highest BCUT2D eigenvalue weighted by Crippen LogP contribution is 2.47. The van der Waals surface area contributed by atoms with Crippen molar-refractivity contribution in [3.05, 3.63) is 12.7 Å². The maximum Gasteiger partial charge on any atom is 0.192 e. The van der Waals surface area contributed by atoms with Gasteiger partial charge >= 0.3 is 0 Å². The third-order valence-electron chi connectivity index (χ3n) is 10.4. The average molecular weight is 599 g/mol. The molecule has 238 valence electrons. The first-order valence-electron chi connectivity index (χ1n) is 15.9. The summed E-state index contributed by atoms with van der Waals surface area (Å²) in [5.41, 5.74) is -1.07. The van der Waals surface area contributed by atoms with Gasteiger partial charge in [-0.25, -0.2) is 0 Å². The number of aliphatic hydroxyl groups excluding tert-OH is 2. The highest BCUT2D eigenvalue weighted by atomic mass is 28.4. The first-order chi connectivity index (χ1) is 18.9. The van der Waals surface area contributed by atoms with Crippen molar-refractivity contribution in [3.63, 3.8) is 0 Å². The summed E-state index contributed by atoms with van der Waals surface area (Å²) in [5, 5.41) is 21.6. The maximum atomic E-state index is 10.9. The standard InChI is InChI=1S/C32H58O8Si/c1-11-12-22(33)28-23(34)19-27-31(7,39-28)17-15-24-25(37-27)16-18-32(8,40-41(9,10)29(2,3)4)26(36-24)14-13-21-20-35-30(5,6)38-21/h11,21-28,33-34H,1,12-20H2,2-10H3/t21?,22-,23+,24-,25+,26+,27-,28-,31+,32-/m0/s1. The zero-order valence-corrected chi connectivity index (χ0v) is 28.1. The van der Waals surface area contributed by atoms with Crippen LogP contribution in [-0.2, 0) is 28.1 Å². The second-order valence-corrected chi connectivity index (χ2v) is 20.1. The predicted molar refractivity (Wildman–Crippen MR) is 161 cm³/mol. The summed E-state index contributed by atoms with van der Waals surface area (Å²) >= 11 is 0. The van der Waals surface area contributed by atoms with Crippen LogP contribution in [0.4, 0.5) is 0 Å². The Morgan fingerprint density at radius 3 is 2.29 bits per heavy atom. The minimum absolute atomic E-state index is 0.0331. The molecule has 4 heterocycles. The van der Waals surface area contributed by atoms with Gasteiger partial charge in [-0.05, 0) is 90.8 Å². The molecular weight excluding hydrogens is 540 g/mol. The number of fused-ring (bicyclic) bond motifs is 2. The number of rotatable bonds is 8. The third kappa shape index (κ3) is 7.48. The zero-order valence-electron chi connectivity index (χ0n) is 27.1. The zero-order chi connectivity index (χ0) is 30.4. The second kappa shape index (κ2) is 12.2. The molecule has 0 aromatic rings. The van der Waals surface area contributed by atoms with Crippen molar-refractivity contribution in [2.45, 2.75) is 184 Å². The van der Waals surface area contributed by atoms with Crippen molar-refractivity contribution in [2.75, 3.05) is 6.61 Å². The van der Waals surface area contributed by atoms with Crippen LogP contribution in [-0.4, -0.2) is 91.0 Å². The van der Waals surface area contributed by atoms with E-state index in [-0.39, 0.29) is 35.6 Å². The van der Waals surface area contributed by atoms with Gasteiger partial charge < -0.3 is 38.3 Å². The lowest BCUT2D eigenvalue weighted by Crippen LogP contribution is -2.58. The van der Waals surface area contributed by atoms with Gasteiger partial charge in [0.15, 0.2) is 14.1 Å². The first kappa shape index (κ1) is 33.5. The fraction of sp³-hybridized carbons (Fsp3) is 0.938. The highest BCUT2D eigenvalue weighted by molar-refractivity contribution is 6.74. The van der Waals surface area contributed by atoms with Gasteiger partial charge in [0.25, 0.3) is 0 Å². The van der Waals surface area contributed by atoms with Gasteiger partial charge in [0, 0.05) is 6.42 Å². The highest BCUT2D eigenvalue weighted by Gasteiger charge is 2.54. The molecule has 0 aromatic heterocycles. The van der Waals surface area contributed by atoms with E-state index in [1.165, 1.54) is 0 Å². The Kier molecular flexibility index (Phi) is 9.98. The Balaban J connectivity index is 1.55. The van der Waals surface area contributed by atoms with Gasteiger partial charge in [-0.1, -0.05) is 26.8 Å². The molecule has 4 fully saturated rings. The largest absolute Gasteiger partial charge is 0.409 e. The summed E-state index contributed by atoms with van der Waals surface area (Å²) in [6.45, 7) is 24.0. The average Bonchev–Trinajstić information content (AvgIpc) is 3.06. The van der Waals surface area contributed by atoms with Gasteiger partial charge in [-0.3, -0.25) is 0 Å². The molecule has 2 N–H and O–H groups in total. The van der Waals surface area contributed by atoms with Crippen LogP contribution < -0.4 is 0 Å². The molecule has 10 atom stereocenters. The van der Waals surface area contributed by atoms with Gasteiger partial charge in [0.05, 0.1) is 60.5 Å². The Labute approximate surface area is 249 Å². The van der Waals surface area contributed by atoms with E-state index in [4.69, 9.17) is 28.1 Å². The van der Waals surface area contributed by atoms with Crippen LogP contribution in [0.15, 0.2) is 12.7 Å². The summed E-state index contributed by atoms with van der Waals surface area (Å²) in [6.07, 6.45) is 4.40. The van der Waals surface area contributed by atoms with Crippen LogP contribution in [0.3, 0.4) is 0 Å². The van der Waals surface area contributed by atoms with Crippen LogP contribution >= 0.6 is 0 Å². The molecule has 0 aromatic carbocycles. The Morgan fingerprint density at radius 2 is 1.68 bits per heavy atom. The number of aliphatic hydroxyl groups is 2. The van der Waals surface area contributed by atoms with Crippen molar-refractivity contribution in [3.8, 4) is 0 Å². The fourth-order valence-electron chi connectivity index (χ4n) is 6.86. The normalized spacial score (nSPS) is 42.5. The molecule has 0 spiro atoms. The van der Waals surface area contributed by atoms with Crippen molar-refractivity contribution < 1.29 is 38.3 Å². The minimum Gasteiger partial charge on any atom is -0.409 e. The van der Waals surface area contributed by atoms with Crippen molar-refractivity contribution in [1.29, 1.82) is 0 Å². The Morgan fingerprint density at radius 1 is 1.02 bits per heavy atom. The number of hydrogen-bond donors (Lipinski definition) is 2. The van der Waals surface area contributed by atoms with E-state index < -0.39 is 43.6 Å². The minimum atomic E-state index is -2.11. The van der Waals surface area contributed by atoms with E-state index in [1.807, 2.05) is 13.8 Å². The monoisotopic (exact) mass is 598 g/mol. The molecule has 1 unspecified atom stereocenters. The van der Waals surface area contributed by atoms with Gasteiger partial charge in [-0.2, -0.15) is 0 Å². The van der Waals surface area contributed by atoms with Gasteiger partial charge in [0.2, 0.25) is 0 Å². The van der Waals surface area contributed by atoms with Crippen LogP contribution in [0.2, 0.25) is 18.1 Å². The van der Waals surface area contributed by atoms with Gasteiger partial charge in [-0.15, -0.1) is 6.58 Å². The van der Waals surface area contributed by atoms with Crippen LogP contribution in [0.25, 0.3) is 0 Å². The molecule has 4 saturated heterocycles. The molecule has 0 saturated carbocycles.